The molecule has 0 aliphatic heterocycles. The monoisotopic (exact) mass is 306 g/mol. The maximum absolute atomic E-state index is 10.8. The Balaban J connectivity index is 2.26. The van der Waals surface area contributed by atoms with Crippen LogP contribution in [-0.2, 0) is 0 Å². The molecule has 0 amide bonds. The van der Waals surface area contributed by atoms with E-state index in [9.17, 15) is 10.1 Å². The van der Waals surface area contributed by atoms with E-state index in [1.54, 1.807) is 36.5 Å². The smallest absolute Gasteiger partial charge is 0.335 e. The van der Waals surface area contributed by atoms with Crippen molar-refractivity contribution in [3.05, 3.63) is 77.0 Å². The summed E-state index contributed by atoms with van der Waals surface area (Å²) in [6.45, 7) is 1.77. The van der Waals surface area contributed by atoms with Gasteiger partial charge in [-0.2, -0.15) is 5.26 Å². The van der Waals surface area contributed by atoms with E-state index in [2.05, 4.69) is 6.07 Å². The third-order valence-electron chi connectivity index (χ3n) is 3.36. The summed E-state index contributed by atoms with van der Waals surface area (Å²) in [5.74, 6) is -0.979. The summed E-state index contributed by atoms with van der Waals surface area (Å²) >= 11 is 0. The topological polar surface area (TPSA) is 102 Å². The van der Waals surface area contributed by atoms with Crippen LogP contribution in [0.15, 0.2) is 65.9 Å². The van der Waals surface area contributed by atoms with Gasteiger partial charge >= 0.3 is 5.97 Å². The van der Waals surface area contributed by atoms with Gasteiger partial charge in [0, 0.05) is 24.6 Å². The lowest BCUT2D eigenvalue weighted by Gasteiger charge is -2.06. The molecule has 0 saturated heterocycles. The van der Waals surface area contributed by atoms with E-state index in [0.29, 0.717) is 16.8 Å². The minimum atomic E-state index is -0.979. The van der Waals surface area contributed by atoms with Gasteiger partial charge in [-0.1, -0.05) is 30.3 Å². The van der Waals surface area contributed by atoms with Crippen LogP contribution in [0.25, 0.3) is 0 Å². The molecule has 0 aliphatic rings. The molecule has 114 valence electrons. The number of quaternary nitrogens is 1. The van der Waals surface area contributed by atoms with Gasteiger partial charge < -0.3 is 5.11 Å². The number of nitrogens with zero attached hydrogens (tertiary/aromatic N) is 1. The summed E-state index contributed by atoms with van der Waals surface area (Å²) in [7, 11) is 0. The first-order valence-corrected chi connectivity index (χ1v) is 6.96. The first-order chi connectivity index (χ1) is 11.0. The van der Waals surface area contributed by atoms with Crippen molar-refractivity contribution in [3.8, 4) is 6.07 Å². The van der Waals surface area contributed by atoms with E-state index in [0.717, 1.165) is 5.69 Å². The van der Waals surface area contributed by atoms with E-state index >= 15 is 0 Å². The van der Waals surface area contributed by atoms with Crippen LogP contribution in [0.4, 0.5) is 5.69 Å². The Morgan fingerprint density at radius 3 is 2.22 bits per heavy atom. The number of carboxylic acid groups (broad SMARTS) is 1. The lowest BCUT2D eigenvalue weighted by atomic mass is 10.0. The molecule has 0 atom stereocenters. The predicted molar refractivity (Wildman–Crippen MR) is 86.6 cm³/mol. The molecule has 4 N–H and O–H groups in total. The van der Waals surface area contributed by atoms with E-state index in [4.69, 9.17) is 10.5 Å². The zero-order valence-corrected chi connectivity index (χ0v) is 12.6. The minimum Gasteiger partial charge on any atom is -0.478 e. The Hall–Kier alpha value is -3.23. The molecule has 0 unspecified atom stereocenters. The number of carboxylic acids is 1. The Morgan fingerprint density at radius 2 is 1.70 bits per heavy atom. The third-order valence-corrected chi connectivity index (χ3v) is 3.36. The Labute approximate surface area is 134 Å². The Bertz CT molecular complexity index is 800. The second-order valence-corrected chi connectivity index (χ2v) is 4.98. The number of benzene rings is 2. The number of nitrogens with two attached hydrogens (primary N) is 1. The summed E-state index contributed by atoms with van der Waals surface area (Å²) in [5.41, 5.74) is 2.78. The normalized spacial score (nSPS) is 11.3. The van der Waals surface area contributed by atoms with Crippen LogP contribution in [0.2, 0.25) is 0 Å². The number of carbonyl (C=O) groups is 1. The highest BCUT2D eigenvalue weighted by Gasteiger charge is 2.14. The lowest BCUT2D eigenvalue weighted by molar-refractivity contribution is -0.517. The fraction of sp³-hybridized carbons (Fsp3) is 0.0556. The van der Waals surface area contributed by atoms with Gasteiger partial charge in [-0.05, 0) is 12.1 Å². The van der Waals surface area contributed by atoms with Gasteiger partial charge in [0.25, 0.3) is 0 Å². The molecule has 0 heterocycles. The zero-order valence-electron chi connectivity index (χ0n) is 12.6. The number of nitrogens with one attached hydrogen (secondary N) is 1. The van der Waals surface area contributed by atoms with Crippen molar-refractivity contribution in [1.29, 1.82) is 10.7 Å². The van der Waals surface area contributed by atoms with Gasteiger partial charge in [0.2, 0.25) is 0 Å². The number of hydrogen-bond acceptors (Lipinski definition) is 3. The number of aromatic carboxylic acids is 1. The molecule has 2 aromatic rings. The second-order valence-electron chi connectivity index (χ2n) is 4.98. The number of allylic oxidation sites excluding steroid dienone is 2. The van der Waals surface area contributed by atoms with Crippen LogP contribution in [0, 0.1) is 16.7 Å². The largest absolute Gasteiger partial charge is 0.478 e. The summed E-state index contributed by atoms with van der Waals surface area (Å²) in [6, 6.07) is 17.5. The molecule has 5 heteroatoms. The average molecular weight is 306 g/mol. The molecule has 23 heavy (non-hydrogen) atoms. The predicted octanol–water partition coefficient (Wildman–Crippen LogP) is 2.45. The molecule has 0 saturated carbocycles. The SMILES string of the molecule is C/C([NH2+]c1ccc(C(=O)O)cc1)=C(\C#N)C(=N)c1ccccc1. The van der Waals surface area contributed by atoms with E-state index < -0.39 is 5.97 Å². The van der Waals surface area contributed by atoms with Crippen molar-refractivity contribution in [2.24, 2.45) is 0 Å². The van der Waals surface area contributed by atoms with Crippen molar-refractivity contribution in [1.82, 2.24) is 0 Å². The van der Waals surface area contributed by atoms with Gasteiger partial charge in [0.1, 0.15) is 23.0 Å². The zero-order chi connectivity index (χ0) is 16.8. The highest BCUT2D eigenvalue weighted by atomic mass is 16.4. The highest BCUT2D eigenvalue weighted by molar-refractivity contribution is 6.13. The number of hydrogen-bond donors (Lipinski definition) is 3. The molecular weight excluding hydrogens is 290 g/mol. The Morgan fingerprint density at radius 1 is 1.09 bits per heavy atom. The highest BCUT2D eigenvalue weighted by Crippen LogP contribution is 2.10. The summed E-state index contributed by atoms with van der Waals surface area (Å²) in [5, 5.41) is 28.2. The van der Waals surface area contributed by atoms with Crippen LogP contribution < -0.4 is 5.32 Å². The van der Waals surface area contributed by atoms with Crippen LogP contribution in [0.5, 0.6) is 0 Å². The number of nitriles is 1. The molecule has 2 aromatic carbocycles. The third kappa shape index (κ3) is 3.90. The van der Waals surface area contributed by atoms with Gasteiger partial charge in [-0.3, -0.25) is 10.7 Å². The fourth-order valence-electron chi connectivity index (χ4n) is 2.13. The van der Waals surface area contributed by atoms with Crippen molar-refractivity contribution in [2.45, 2.75) is 6.92 Å². The molecule has 0 aliphatic carbocycles. The summed E-state index contributed by atoms with van der Waals surface area (Å²) in [4.78, 5) is 10.8. The van der Waals surface area contributed by atoms with Crippen LogP contribution in [0.1, 0.15) is 22.8 Å². The maximum atomic E-state index is 10.8. The summed E-state index contributed by atoms with van der Waals surface area (Å²) < 4.78 is 0. The summed E-state index contributed by atoms with van der Waals surface area (Å²) in [6.07, 6.45) is 0. The van der Waals surface area contributed by atoms with Crippen molar-refractivity contribution in [3.63, 3.8) is 0 Å². The van der Waals surface area contributed by atoms with Gasteiger partial charge in [-0.25, -0.2) is 4.79 Å². The van der Waals surface area contributed by atoms with Crippen molar-refractivity contribution in [2.75, 3.05) is 0 Å². The lowest BCUT2D eigenvalue weighted by Crippen LogP contribution is -2.75. The van der Waals surface area contributed by atoms with Crippen LogP contribution >= 0.6 is 0 Å². The standard InChI is InChI=1S/C18H15N3O2/c1-12(21-15-9-7-14(8-10-15)18(22)23)16(11-19)17(20)13-5-3-2-4-6-13/h2-10,20-21H,1H3,(H,22,23)/p+1/b16-12-,20-17?. The van der Waals surface area contributed by atoms with Crippen LogP contribution in [-0.4, -0.2) is 16.8 Å². The molecule has 2 rings (SSSR count). The van der Waals surface area contributed by atoms with Gasteiger partial charge in [-0.15, -0.1) is 0 Å². The quantitative estimate of drug-likeness (QED) is 0.449. The second kappa shape index (κ2) is 7.16. The molecule has 0 spiro atoms. The minimum absolute atomic E-state index is 0.170. The molecule has 0 radical (unpaired) electrons. The number of rotatable bonds is 5. The average Bonchev–Trinajstić information content (AvgIpc) is 2.56. The van der Waals surface area contributed by atoms with Crippen molar-refractivity contribution >= 4 is 17.4 Å². The van der Waals surface area contributed by atoms with Gasteiger partial charge in [0.05, 0.1) is 11.3 Å². The molecule has 0 aromatic heterocycles. The molecule has 5 nitrogen and oxygen atoms in total. The molecule has 0 bridgehead atoms. The Kier molecular flexibility index (Phi) is 5.03. The first kappa shape index (κ1) is 16.1. The molecular formula is C18H16N3O2+. The first-order valence-electron chi connectivity index (χ1n) is 6.96. The van der Waals surface area contributed by atoms with E-state index in [1.165, 1.54) is 12.1 Å². The van der Waals surface area contributed by atoms with Crippen LogP contribution in [0.3, 0.4) is 0 Å². The van der Waals surface area contributed by atoms with Crippen molar-refractivity contribution < 1.29 is 15.2 Å². The molecule has 0 fully saturated rings. The van der Waals surface area contributed by atoms with E-state index in [-0.39, 0.29) is 11.3 Å². The van der Waals surface area contributed by atoms with Gasteiger partial charge in [0.15, 0.2) is 0 Å². The van der Waals surface area contributed by atoms with E-state index in [1.807, 2.05) is 18.2 Å². The fourth-order valence-corrected chi connectivity index (χ4v) is 2.13. The maximum Gasteiger partial charge on any atom is 0.335 e.